The average Bonchev–Trinajstić information content (AvgIpc) is 2.34. The van der Waals surface area contributed by atoms with E-state index in [-0.39, 0.29) is 6.04 Å². The van der Waals surface area contributed by atoms with Gasteiger partial charge in [-0.25, -0.2) is 0 Å². The maximum absolute atomic E-state index is 6.19. The van der Waals surface area contributed by atoms with Crippen molar-refractivity contribution in [2.24, 2.45) is 11.7 Å². The smallest absolute Gasteiger partial charge is 0.141 e. The van der Waals surface area contributed by atoms with Crippen molar-refractivity contribution in [2.45, 2.75) is 19.4 Å². The molecule has 0 radical (unpaired) electrons. The zero-order chi connectivity index (χ0) is 12.0. The van der Waals surface area contributed by atoms with Gasteiger partial charge in [0.25, 0.3) is 0 Å². The molecule has 0 aliphatic carbocycles. The van der Waals surface area contributed by atoms with Crippen molar-refractivity contribution in [2.75, 3.05) is 20.8 Å². The van der Waals surface area contributed by atoms with Crippen LogP contribution >= 0.6 is 0 Å². The largest absolute Gasteiger partial charge is 0.495 e. The summed E-state index contributed by atoms with van der Waals surface area (Å²) in [5.41, 5.74) is 7.19. The van der Waals surface area contributed by atoms with Crippen molar-refractivity contribution >= 4 is 0 Å². The Morgan fingerprint density at radius 2 is 2.19 bits per heavy atom. The monoisotopic (exact) mass is 224 g/mol. The summed E-state index contributed by atoms with van der Waals surface area (Å²) in [5.74, 6) is 1.09. The average molecular weight is 224 g/mol. The topological polar surface area (TPSA) is 57.4 Å². The van der Waals surface area contributed by atoms with Gasteiger partial charge in [-0.2, -0.15) is 0 Å². The third-order valence-electron chi connectivity index (χ3n) is 2.79. The van der Waals surface area contributed by atoms with Gasteiger partial charge in [-0.3, -0.25) is 4.98 Å². The van der Waals surface area contributed by atoms with Crippen LogP contribution in [0.5, 0.6) is 5.75 Å². The molecule has 1 aromatic heterocycles. The maximum Gasteiger partial charge on any atom is 0.141 e. The van der Waals surface area contributed by atoms with Gasteiger partial charge in [0.2, 0.25) is 0 Å². The number of pyridine rings is 1. The number of methoxy groups -OCH3 is 2. The molecule has 0 amide bonds. The first-order valence-corrected chi connectivity index (χ1v) is 5.43. The van der Waals surface area contributed by atoms with E-state index >= 15 is 0 Å². The summed E-state index contributed by atoms with van der Waals surface area (Å²) in [5, 5.41) is 0. The number of hydrogen-bond donors (Lipinski definition) is 1. The summed E-state index contributed by atoms with van der Waals surface area (Å²) >= 11 is 0. The summed E-state index contributed by atoms with van der Waals surface area (Å²) < 4.78 is 10.3. The van der Waals surface area contributed by atoms with Gasteiger partial charge in [0.15, 0.2) is 0 Å². The predicted octanol–water partition coefficient (Wildman–Crippen LogP) is 1.76. The first-order valence-electron chi connectivity index (χ1n) is 5.43. The Morgan fingerprint density at radius 1 is 1.44 bits per heavy atom. The van der Waals surface area contributed by atoms with Crippen LogP contribution in [0, 0.1) is 5.92 Å². The molecule has 2 atom stereocenters. The number of nitrogens with zero attached hydrogens (tertiary/aromatic N) is 1. The van der Waals surface area contributed by atoms with Crippen molar-refractivity contribution in [3.63, 3.8) is 0 Å². The fourth-order valence-corrected chi connectivity index (χ4v) is 1.63. The van der Waals surface area contributed by atoms with E-state index in [0.29, 0.717) is 5.92 Å². The van der Waals surface area contributed by atoms with E-state index in [1.165, 1.54) is 0 Å². The summed E-state index contributed by atoms with van der Waals surface area (Å²) in [7, 11) is 3.33. The minimum absolute atomic E-state index is 0.0481. The van der Waals surface area contributed by atoms with Gasteiger partial charge in [-0.05, 0) is 18.4 Å². The fourth-order valence-electron chi connectivity index (χ4n) is 1.63. The standard InChI is InChI=1S/C12H20N2O2/c1-9(5-7-15-2)12(13)10-4-6-14-8-11(10)16-3/h4,6,8-9,12H,5,7,13H2,1-3H3. The van der Waals surface area contributed by atoms with Crippen molar-refractivity contribution in [3.8, 4) is 5.75 Å². The van der Waals surface area contributed by atoms with Gasteiger partial charge < -0.3 is 15.2 Å². The minimum Gasteiger partial charge on any atom is -0.495 e. The highest BCUT2D eigenvalue weighted by Crippen LogP contribution is 2.28. The molecule has 2 unspecified atom stereocenters. The van der Waals surface area contributed by atoms with Crippen molar-refractivity contribution in [3.05, 3.63) is 24.0 Å². The molecular weight excluding hydrogens is 204 g/mol. The maximum atomic E-state index is 6.19. The molecular formula is C12H20N2O2. The van der Waals surface area contributed by atoms with Crippen molar-refractivity contribution in [1.29, 1.82) is 0 Å². The van der Waals surface area contributed by atoms with E-state index in [1.54, 1.807) is 26.6 Å². The number of hydrogen-bond acceptors (Lipinski definition) is 4. The molecule has 1 aromatic rings. The highest BCUT2D eigenvalue weighted by atomic mass is 16.5. The zero-order valence-electron chi connectivity index (χ0n) is 10.1. The molecule has 0 fully saturated rings. The molecule has 4 heteroatoms. The van der Waals surface area contributed by atoms with E-state index in [0.717, 1.165) is 24.3 Å². The lowest BCUT2D eigenvalue weighted by Crippen LogP contribution is -2.21. The lowest BCUT2D eigenvalue weighted by molar-refractivity contribution is 0.174. The van der Waals surface area contributed by atoms with Crippen LogP contribution in [0.15, 0.2) is 18.5 Å². The minimum atomic E-state index is -0.0481. The fraction of sp³-hybridized carbons (Fsp3) is 0.583. The first kappa shape index (κ1) is 12.9. The van der Waals surface area contributed by atoms with E-state index in [4.69, 9.17) is 15.2 Å². The van der Waals surface area contributed by atoms with Crippen molar-refractivity contribution < 1.29 is 9.47 Å². The van der Waals surface area contributed by atoms with E-state index in [9.17, 15) is 0 Å². The highest BCUT2D eigenvalue weighted by Gasteiger charge is 2.18. The third-order valence-corrected chi connectivity index (χ3v) is 2.79. The summed E-state index contributed by atoms with van der Waals surface area (Å²) in [6, 6.07) is 1.86. The molecule has 1 rings (SSSR count). The van der Waals surface area contributed by atoms with Crippen LogP contribution < -0.4 is 10.5 Å². The molecule has 90 valence electrons. The zero-order valence-corrected chi connectivity index (χ0v) is 10.1. The van der Waals surface area contributed by atoms with Crippen LogP contribution in [0.4, 0.5) is 0 Å². The Labute approximate surface area is 96.8 Å². The lowest BCUT2D eigenvalue weighted by atomic mass is 9.93. The molecule has 1 heterocycles. The molecule has 2 N–H and O–H groups in total. The summed E-state index contributed by atoms with van der Waals surface area (Å²) in [6.07, 6.45) is 4.36. The predicted molar refractivity (Wildman–Crippen MR) is 63.4 cm³/mol. The first-order chi connectivity index (χ1) is 7.70. The Balaban J connectivity index is 2.74. The number of aromatic nitrogens is 1. The van der Waals surface area contributed by atoms with Crippen LogP contribution in [0.3, 0.4) is 0 Å². The van der Waals surface area contributed by atoms with Crippen LogP contribution in [0.2, 0.25) is 0 Å². The molecule has 0 aliphatic rings. The van der Waals surface area contributed by atoms with Crippen molar-refractivity contribution in [1.82, 2.24) is 4.98 Å². The van der Waals surface area contributed by atoms with E-state index < -0.39 is 0 Å². The molecule has 0 aromatic carbocycles. The van der Waals surface area contributed by atoms with Gasteiger partial charge in [0.05, 0.1) is 13.3 Å². The quantitative estimate of drug-likeness (QED) is 0.800. The van der Waals surface area contributed by atoms with E-state index in [2.05, 4.69) is 11.9 Å². The second-order valence-electron chi connectivity index (χ2n) is 3.90. The molecule has 0 bridgehead atoms. The molecule has 4 nitrogen and oxygen atoms in total. The molecule has 0 saturated carbocycles. The van der Waals surface area contributed by atoms with Crippen LogP contribution in [-0.2, 0) is 4.74 Å². The normalized spacial score (nSPS) is 14.5. The molecule has 0 saturated heterocycles. The van der Waals surface area contributed by atoms with Gasteiger partial charge in [0.1, 0.15) is 5.75 Å². The second kappa shape index (κ2) is 6.45. The van der Waals surface area contributed by atoms with E-state index in [1.807, 2.05) is 6.07 Å². The molecule has 0 spiro atoms. The second-order valence-corrected chi connectivity index (χ2v) is 3.90. The SMILES string of the molecule is COCCC(C)C(N)c1ccncc1OC. The molecule has 0 aliphatic heterocycles. The molecule has 16 heavy (non-hydrogen) atoms. The van der Waals surface area contributed by atoms with Gasteiger partial charge in [-0.15, -0.1) is 0 Å². The number of rotatable bonds is 6. The van der Waals surface area contributed by atoms with Gasteiger partial charge >= 0.3 is 0 Å². The summed E-state index contributed by atoms with van der Waals surface area (Å²) in [4.78, 5) is 4.01. The third kappa shape index (κ3) is 3.18. The van der Waals surface area contributed by atoms with Gasteiger partial charge in [-0.1, -0.05) is 6.92 Å². The highest BCUT2D eigenvalue weighted by molar-refractivity contribution is 5.32. The van der Waals surface area contributed by atoms with Gasteiger partial charge in [0, 0.05) is 31.5 Å². The van der Waals surface area contributed by atoms with Crippen LogP contribution in [0.1, 0.15) is 24.9 Å². The van der Waals surface area contributed by atoms with Crippen LogP contribution in [0.25, 0.3) is 0 Å². The Kier molecular flexibility index (Phi) is 5.22. The summed E-state index contributed by atoms with van der Waals surface area (Å²) in [6.45, 7) is 2.84. The Morgan fingerprint density at radius 3 is 2.81 bits per heavy atom. The lowest BCUT2D eigenvalue weighted by Gasteiger charge is -2.21. The number of ether oxygens (including phenoxy) is 2. The Bertz CT molecular complexity index is 318. The van der Waals surface area contributed by atoms with Crippen LogP contribution in [-0.4, -0.2) is 25.8 Å². The Hall–Kier alpha value is -1.13. The number of nitrogens with two attached hydrogens (primary N) is 1.